The summed E-state index contributed by atoms with van der Waals surface area (Å²) in [6.45, 7) is 0.975. The number of fused-ring (bicyclic) bond motifs is 1. The molecule has 1 aliphatic heterocycles. The van der Waals surface area contributed by atoms with Crippen molar-refractivity contribution in [2.75, 3.05) is 27.3 Å². The number of carbonyl (C=O) groups is 1. The minimum Gasteiger partial charge on any atom is -0.493 e. The molecule has 3 aromatic rings. The molecule has 2 aromatic carbocycles. The van der Waals surface area contributed by atoms with E-state index in [4.69, 9.17) is 9.47 Å². The third-order valence-electron chi connectivity index (χ3n) is 5.16. The molecule has 1 amide bonds. The van der Waals surface area contributed by atoms with Crippen LogP contribution < -0.4 is 9.47 Å². The summed E-state index contributed by atoms with van der Waals surface area (Å²) in [6, 6.07) is 11.3. The van der Waals surface area contributed by atoms with Crippen LogP contribution in [0.2, 0.25) is 0 Å². The summed E-state index contributed by atoms with van der Waals surface area (Å²) in [5.74, 6) is 1.30. The number of hydrogen-bond donors (Lipinski definition) is 2. The number of rotatable bonds is 5. The fourth-order valence-electron chi connectivity index (χ4n) is 3.63. The first-order valence-electron chi connectivity index (χ1n) is 9.24. The highest BCUT2D eigenvalue weighted by Gasteiger charge is 2.25. The van der Waals surface area contributed by atoms with Gasteiger partial charge in [0.2, 0.25) is 0 Å². The normalized spacial score (nSPS) is 16.5. The van der Waals surface area contributed by atoms with E-state index in [0.29, 0.717) is 43.0 Å². The summed E-state index contributed by atoms with van der Waals surface area (Å²) in [5.41, 5.74) is 3.39. The van der Waals surface area contributed by atoms with Crippen LogP contribution >= 0.6 is 0 Å². The fourth-order valence-corrected chi connectivity index (χ4v) is 3.63. The molecule has 4 rings (SSSR count). The minimum atomic E-state index is -0.429. The van der Waals surface area contributed by atoms with Gasteiger partial charge in [0.25, 0.3) is 5.91 Å². The second-order valence-corrected chi connectivity index (χ2v) is 6.99. The van der Waals surface area contributed by atoms with Crippen molar-refractivity contribution < 1.29 is 19.4 Å². The van der Waals surface area contributed by atoms with Gasteiger partial charge in [0.1, 0.15) is 0 Å². The Labute approximate surface area is 162 Å². The summed E-state index contributed by atoms with van der Waals surface area (Å²) < 4.78 is 10.7. The van der Waals surface area contributed by atoms with Gasteiger partial charge in [-0.05, 0) is 42.3 Å². The largest absolute Gasteiger partial charge is 0.493 e. The van der Waals surface area contributed by atoms with Gasteiger partial charge in [-0.2, -0.15) is 5.10 Å². The van der Waals surface area contributed by atoms with Crippen LogP contribution in [-0.4, -0.2) is 59.5 Å². The average Bonchev–Trinajstić information content (AvgIpc) is 3.33. The Balaban J connectivity index is 1.62. The van der Waals surface area contributed by atoms with Crippen LogP contribution in [0.25, 0.3) is 10.9 Å². The van der Waals surface area contributed by atoms with Crippen LogP contribution in [0.3, 0.4) is 0 Å². The zero-order chi connectivity index (χ0) is 19.7. The second-order valence-electron chi connectivity index (χ2n) is 6.99. The number of nitrogens with zero attached hydrogens (tertiary/aromatic N) is 2. The summed E-state index contributed by atoms with van der Waals surface area (Å²) in [6.07, 6.45) is 0.823. The first-order valence-corrected chi connectivity index (χ1v) is 9.24. The van der Waals surface area contributed by atoms with E-state index in [0.717, 1.165) is 22.2 Å². The number of methoxy groups -OCH3 is 2. The molecule has 0 spiro atoms. The molecule has 2 N–H and O–H groups in total. The molecule has 0 radical (unpaired) electrons. The maximum Gasteiger partial charge on any atom is 0.253 e. The molecular formula is C21H23N3O4. The van der Waals surface area contributed by atoms with E-state index in [1.807, 2.05) is 30.3 Å². The van der Waals surface area contributed by atoms with E-state index in [1.165, 1.54) is 0 Å². The van der Waals surface area contributed by atoms with Crippen LogP contribution in [0.5, 0.6) is 11.5 Å². The van der Waals surface area contributed by atoms with Crippen LogP contribution in [-0.2, 0) is 6.42 Å². The third kappa shape index (κ3) is 3.41. The van der Waals surface area contributed by atoms with Crippen LogP contribution in [0.4, 0.5) is 0 Å². The standard InChI is InChI=1S/C21H23N3O4/c1-27-19-6-3-13(10-20(19)28-2)9-18-16-11-14(4-5-17(16)22-23-18)21(26)24-8-7-15(25)12-24/h3-6,10-11,15,25H,7-9,12H2,1-2H3,(H,22,23)/t15-/m0/s1. The topological polar surface area (TPSA) is 87.7 Å². The first-order chi connectivity index (χ1) is 13.6. The Bertz CT molecular complexity index is 1010. The van der Waals surface area contributed by atoms with Crippen molar-refractivity contribution in [1.29, 1.82) is 0 Å². The molecule has 1 aromatic heterocycles. The molecule has 2 heterocycles. The Hall–Kier alpha value is -3.06. The number of likely N-dealkylation sites (tertiary alicyclic amines) is 1. The van der Waals surface area contributed by atoms with Gasteiger partial charge < -0.3 is 19.5 Å². The number of ether oxygens (including phenoxy) is 2. The highest BCUT2D eigenvalue weighted by atomic mass is 16.5. The number of carbonyl (C=O) groups excluding carboxylic acids is 1. The number of hydrogen-bond acceptors (Lipinski definition) is 5. The Kier molecular flexibility index (Phi) is 4.92. The minimum absolute atomic E-state index is 0.0586. The van der Waals surface area contributed by atoms with Crippen molar-refractivity contribution in [2.45, 2.75) is 18.9 Å². The van der Waals surface area contributed by atoms with E-state index in [9.17, 15) is 9.90 Å². The van der Waals surface area contributed by atoms with Crippen molar-refractivity contribution in [1.82, 2.24) is 15.1 Å². The molecule has 7 heteroatoms. The van der Waals surface area contributed by atoms with Crippen LogP contribution in [0, 0.1) is 0 Å². The zero-order valence-electron chi connectivity index (χ0n) is 15.9. The van der Waals surface area contributed by atoms with Gasteiger partial charge in [0.05, 0.1) is 25.8 Å². The molecule has 0 unspecified atom stereocenters. The average molecular weight is 381 g/mol. The molecule has 1 saturated heterocycles. The van der Waals surface area contributed by atoms with Crippen molar-refractivity contribution in [3.63, 3.8) is 0 Å². The molecule has 146 valence electrons. The van der Waals surface area contributed by atoms with Crippen molar-refractivity contribution in [3.05, 3.63) is 53.2 Å². The number of aromatic nitrogens is 2. The smallest absolute Gasteiger partial charge is 0.253 e. The number of H-pyrrole nitrogens is 1. The van der Waals surface area contributed by atoms with Crippen molar-refractivity contribution >= 4 is 16.8 Å². The van der Waals surface area contributed by atoms with Gasteiger partial charge in [-0.15, -0.1) is 0 Å². The summed E-state index contributed by atoms with van der Waals surface area (Å²) in [5, 5.41) is 18.1. The lowest BCUT2D eigenvalue weighted by molar-refractivity contribution is 0.0765. The van der Waals surface area contributed by atoms with Gasteiger partial charge in [-0.1, -0.05) is 6.07 Å². The van der Waals surface area contributed by atoms with Crippen LogP contribution in [0.1, 0.15) is 28.0 Å². The summed E-state index contributed by atoms with van der Waals surface area (Å²) >= 11 is 0. The summed E-state index contributed by atoms with van der Waals surface area (Å²) in [4.78, 5) is 14.4. The van der Waals surface area contributed by atoms with E-state index < -0.39 is 6.10 Å². The van der Waals surface area contributed by atoms with E-state index >= 15 is 0 Å². The van der Waals surface area contributed by atoms with Crippen molar-refractivity contribution in [2.24, 2.45) is 0 Å². The quantitative estimate of drug-likeness (QED) is 0.709. The highest BCUT2D eigenvalue weighted by molar-refractivity contribution is 5.98. The van der Waals surface area contributed by atoms with Crippen LogP contribution in [0.15, 0.2) is 36.4 Å². The van der Waals surface area contributed by atoms with Crippen molar-refractivity contribution in [3.8, 4) is 11.5 Å². The molecule has 0 bridgehead atoms. The molecule has 0 saturated carbocycles. The van der Waals surface area contributed by atoms with Gasteiger partial charge >= 0.3 is 0 Å². The lowest BCUT2D eigenvalue weighted by atomic mass is 10.0. The predicted molar refractivity (Wildman–Crippen MR) is 105 cm³/mol. The number of aromatic amines is 1. The Morgan fingerprint density at radius 1 is 1.21 bits per heavy atom. The molecule has 7 nitrogen and oxygen atoms in total. The summed E-state index contributed by atoms with van der Waals surface area (Å²) in [7, 11) is 3.22. The Morgan fingerprint density at radius 3 is 2.75 bits per heavy atom. The molecular weight excluding hydrogens is 358 g/mol. The van der Waals surface area contributed by atoms with Gasteiger partial charge in [0, 0.05) is 36.2 Å². The van der Waals surface area contributed by atoms with E-state index in [1.54, 1.807) is 25.2 Å². The molecule has 1 aliphatic rings. The molecule has 1 atom stereocenters. The number of aliphatic hydroxyl groups is 1. The lowest BCUT2D eigenvalue weighted by Gasteiger charge is -2.15. The second kappa shape index (κ2) is 7.52. The molecule has 28 heavy (non-hydrogen) atoms. The van der Waals surface area contributed by atoms with E-state index in [2.05, 4.69) is 10.2 Å². The van der Waals surface area contributed by atoms with E-state index in [-0.39, 0.29) is 5.91 Å². The maximum atomic E-state index is 12.7. The number of nitrogens with one attached hydrogen (secondary N) is 1. The SMILES string of the molecule is COc1ccc(Cc2[nH]nc3ccc(C(=O)N4CC[C@H](O)C4)cc23)cc1OC. The zero-order valence-corrected chi connectivity index (χ0v) is 15.9. The van der Waals surface area contributed by atoms with Gasteiger partial charge in [0.15, 0.2) is 11.5 Å². The highest BCUT2D eigenvalue weighted by Crippen LogP contribution is 2.29. The van der Waals surface area contributed by atoms with Gasteiger partial charge in [-0.3, -0.25) is 9.89 Å². The lowest BCUT2D eigenvalue weighted by Crippen LogP contribution is -2.29. The number of benzene rings is 2. The molecule has 0 aliphatic carbocycles. The monoisotopic (exact) mass is 381 g/mol. The molecule has 1 fully saturated rings. The fraction of sp³-hybridized carbons (Fsp3) is 0.333. The third-order valence-corrected chi connectivity index (χ3v) is 5.16. The Morgan fingerprint density at radius 2 is 2.04 bits per heavy atom. The van der Waals surface area contributed by atoms with Gasteiger partial charge in [-0.25, -0.2) is 0 Å². The first kappa shape index (κ1) is 18.3. The maximum absolute atomic E-state index is 12.7. The predicted octanol–water partition coefficient (Wildman–Crippen LogP) is 2.38. The number of aliphatic hydroxyl groups excluding tert-OH is 1. The number of amides is 1. The number of β-amino-alcohol motifs (C(OH)–C–C–N with tert-alkyl or cyclic N) is 1.